The van der Waals surface area contributed by atoms with Crippen LogP contribution in [0.3, 0.4) is 0 Å². The first-order valence-electron chi connectivity index (χ1n) is 7.92. The van der Waals surface area contributed by atoms with Gasteiger partial charge in [-0.2, -0.15) is 4.98 Å². The van der Waals surface area contributed by atoms with E-state index in [2.05, 4.69) is 39.7 Å². The van der Waals surface area contributed by atoms with E-state index in [1.54, 1.807) is 7.11 Å². The second kappa shape index (κ2) is 5.88. The van der Waals surface area contributed by atoms with Gasteiger partial charge in [0.15, 0.2) is 0 Å². The molecular formula is C18H19N5O. The van der Waals surface area contributed by atoms with Gasteiger partial charge >= 0.3 is 0 Å². The van der Waals surface area contributed by atoms with Crippen LogP contribution in [0.4, 0.5) is 11.9 Å². The standard InChI is InChI=1S/C18H19N5O/c1-24-14-9-7-12(8-10-14)15-11-16(13-5-3-2-4-6-13)23-18(20-15)21-17(19)22-23/h2-10,15-16H,11H2,1H3,(H3,19,20,21,22)/t15-,16+/m0/s1. The number of methoxy groups -OCH3 is 1. The van der Waals surface area contributed by atoms with Crippen molar-refractivity contribution in [2.24, 2.45) is 0 Å². The van der Waals surface area contributed by atoms with Crippen LogP contribution in [0, 0.1) is 0 Å². The van der Waals surface area contributed by atoms with Gasteiger partial charge in [0.1, 0.15) is 5.75 Å². The Morgan fingerprint density at radius 1 is 1.08 bits per heavy atom. The summed E-state index contributed by atoms with van der Waals surface area (Å²) in [5, 5.41) is 7.81. The molecule has 1 aromatic heterocycles. The molecule has 0 aliphatic carbocycles. The summed E-state index contributed by atoms with van der Waals surface area (Å²) in [4.78, 5) is 4.33. The van der Waals surface area contributed by atoms with Crippen molar-refractivity contribution in [1.29, 1.82) is 0 Å². The smallest absolute Gasteiger partial charge is 0.241 e. The van der Waals surface area contributed by atoms with Gasteiger partial charge in [0.2, 0.25) is 11.9 Å². The van der Waals surface area contributed by atoms with Gasteiger partial charge in [-0.15, -0.1) is 5.10 Å². The molecule has 3 N–H and O–H groups in total. The summed E-state index contributed by atoms with van der Waals surface area (Å²) in [5.41, 5.74) is 8.20. The summed E-state index contributed by atoms with van der Waals surface area (Å²) in [7, 11) is 1.67. The van der Waals surface area contributed by atoms with E-state index in [4.69, 9.17) is 10.5 Å². The molecule has 0 fully saturated rings. The number of fused-ring (bicyclic) bond motifs is 1. The van der Waals surface area contributed by atoms with Gasteiger partial charge < -0.3 is 15.8 Å². The summed E-state index contributed by atoms with van der Waals surface area (Å²) in [6, 6.07) is 18.7. The normalized spacial score (nSPS) is 19.4. The zero-order chi connectivity index (χ0) is 16.5. The van der Waals surface area contributed by atoms with Crippen molar-refractivity contribution < 1.29 is 4.74 Å². The molecule has 0 unspecified atom stereocenters. The van der Waals surface area contributed by atoms with Crippen molar-refractivity contribution in [3.8, 4) is 5.75 Å². The van der Waals surface area contributed by atoms with Crippen LogP contribution in [0.15, 0.2) is 54.6 Å². The molecule has 4 rings (SSSR count). The van der Waals surface area contributed by atoms with Crippen molar-refractivity contribution in [2.45, 2.75) is 18.5 Å². The maximum atomic E-state index is 5.82. The molecule has 2 aromatic carbocycles. The first-order valence-corrected chi connectivity index (χ1v) is 7.92. The molecule has 0 saturated carbocycles. The van der Waals surface area contributed by atoms with Crippen LogP contribution >= 0.6 is 0 Å². The van der Waals surface area contributed by atoms with E-state index in [1.165, 1.54) is 11.1 Å². The molecule has 0 spiro atoms. The first-order chi connectivity index (χ1) is 11.7. The lowest BCUT2D eigenvalue weighted by Gasteiger charge is -2.31. The highest BCUT2D eigenvalue weighted by molar-refractivity contribution is 5.42. The highest BCUT2D eigenvalue weighted by Crippen LogP contribution is 2.38. The Labute approximate surface area is 140 Å². The van der Waals surface area contributed by atoms with Gasteiger partial charge in [0.25, 0.3) is 0 Å². The van der Waals surface area contributed by atoms with Gasteiger partial charge in [0.05, 0.1) is 19.2 Å². The third-order valence-electron chi connectivity index (χ3n) is 4.41. The number of nitrogens with two attached hydrogens (primary N) is 1. The molecule has 2 heterocycles. The fourth-order valence-corrected chi connectivity index (χ4v) is 3.20. The molecule has 24 heavy (non-hydrogen) atoms. The highest BCUT2D eigenvalue weighted by atomic mass is 16.5. The lowest BCUT2D eigenvalue weighted by atomic mass is 9.93. The summed E-state index contributed by atoms with van der Waals surface area (Å²) in [6.07, 6.45) is 0.867. The maximum absolute atomic E-state index is 5.82. The molecular weight excluding hydrogens is 302 g/mol. The lowest BCUT2D eigenvalue weighted by molar-refractivity contribution is 0.413. The number of anilines is 2. The second-order valence-electron chi connectivity index (χ2n) is 5.87. The van der Waals surface area contributed by atoms with Crippen LogP contribution in [0.25, 0.3) is 0 Å². The van der Waals surface area contributed by atoms with E-state index in [0.717, 1.165) is 12.2 Å². The number of ether oxygens (including phenoxy) is 1. The molecule has 0 saturated heterocycles. The first kappa shape index (κ1) is 14.6. The van der Waals surface area contributed by atoms with E-state index in [0.29, 0.717) is 5.95 Å². The molecule has 0 amide bonds. The molecule has 122 valence electrons. The Bertz CT molecular complexity index is 828. The average Bonchev–Trinajstić information content (AvgIpc) is 3.02. The monoisotopic (exact) mass is 321 g/mol. The molecule has 0 radical (unpaired) electrons. The Hall–Kier alpha value is -3.02. The van der Waals surface area contributed by atoms with Crippen LogP contribution in [0.1, 0.15) is 29.6 Å². The Balaban J connectivity index is 1.71. The molecule has 1 aliphatic rings. The number of benzene rings is 2. The Morgan fingerprint density at radius 3 is 2.54 bits per heavy atom. The van der Waals surface area contributed by atoms with Gasteiger partial charge in [0, 0.05) is 0 Å². The van der Waals surface area contributed by atoms with Gasteiger partial charge in [-0.1, -0.05) is 42.5 Å². The SMILES string of the molecule is COc1ccc([C@@H]2C[C@H](c3ccccc3)n3nc(N)nc3N2)cc1. The van der Waals surface area contributed by atoms with Crippen molar-refractivity contribution >= 4 is 11.9 Å². The second-order valence-corrected chi connectivity index (χ2v) is 5.87. The average molecular weight is 321 g/mol. The lowest BCUT2D eigenvalue weighted by Crippen LogP contribution is -2.28. The molecule has 3 aromatic rings. The number of hydrogen-bond donors (Lipinski definition) is 2. The summed E-state index contributed by atoms with van der Waals surface area (Å²) >= 11 is 0. The topological polar surface area (TPSA) is 78.0 Å². The third kappa shape index (κ3) is 2.56. The number of nitrogens with one attached hydrogen (secondary N) is 1. The summed E-state index contributed by atoms with van der Waals surface area (Å²) in [5.74, 6) is 1.84. The predicted molar refractivity (Wildman–Crippen MR) is 93.0 cm³/mol. The maximum Gasteiger partial charge on any atom is 0.241 e. The number of nitrogen functional groups attached to an aromatic ring is 1. The minimum atomic E-state index is 0.0966. The van der Waals surface area contributed by atoms with Gasteiger partial charge in [-0.05, 0) is 29.7 Å². The number of rotatable bonds is 3. The van der Waals surface area contributed by atoms with Crippen LogP contribution in [-0.4, -0.2) is 21.9 Å². The molecule has 1 aliphatic heterocycles. The minimum Gasteiger partial charge on any atom is -0.497 e. The van der Waals surface area contributed by atoms with Crippen LogP contribution in [-0.2, 0) is 0 Å². The number of nitrogens with zero attached hydrogens (tertiary/aromatic N) is 3. The number of hydrogen-bond acceptors (Lipinski definition) is 5. The number of aromatic nitrogens is 3. The third-order valence-corrected chi connectivity index (χ3v) is 4.41. The van der Waals surface area contributed by atoms with E-state index >= 15 is 0 Å². The molecule has 6 heteroatoms. The summed E-state index contributed by atoms with van der Waals surface area (Å²) in [6.45, 7) is 0. The van der Waals surface area contributed by atoms with Crippen LogP contribution in [0.2, 0.25) is 0 Å². The Morgan fingerprint density at radius 2 is 1.83 bits per heavy atom. The van der Waals surface area contributed by atoms with E-state index in [1.807, 2.05) is 35.0 Å². The zero-order valence-electron chi connectivity index (χ0n) is 13.4. The van der Waals surface area contributed by atoms with Gasteiger partial charge in [-0.25, -0.2) is 4.68 Å². The Kier molecular flexibility index (Phi) is 3.57. The van der Waals surface area contributed by atoms with Gasteiger partial charge in [-0.3, -0.25) is 0 Å². The molecule has 2 atom stereocenters. The van der Waals surface area contributed by atoms with E-state index in [-0.39, 0.29) is 18.0 Å². The largest absolute Gasteiger partial charge is 0.497 e. The highest BCUT2D eigenvalue weighted by Gasteiger charge is 2.30. The molecule has 6 nitrogen and oxygen atoms in total. The summed E-state index contributed by atoms with van der Waals surface area (Å²) < 4.78 is 7.12. The van der Waals surface area contributed by atoms with Crippen LogP contribution in [0.5, 0.6) is 5.75 Å². The van der Waals surface area contributed by atoms with Crippen molar-refractivity contribution in [2.75, 3.05) is 18.2 Å². The fourth-order valence-electron chi connectivity index (χ4n) is 3.20. The minimum absolute atomic E-state index is 0.0966. The van der Waals surface area contributed by atoms with Crippen molar-refractivity contribution in [1.82, 2.24) is 14.8 Å². The predicted octanol–water partition coefficient (Wildman–Crippen LogP) is 3.02. The zero-order valence-corrected chi connectivity index (χ0v) is 13.4. The van der Waals surface area contributed by atoms with Crippen LogP contribution < -0.4 is 15.8 Å². The van der Waals surface area contributed by atoms with Crippen molar-refractivity contribution in [3.05, 3.63) is 65.7 Å². The fraction of sp³-hybridized carbons (Fsp3) is 0.222. The van der Waals surface area contributed by atoms with E-state index < -0.39 is 0 Å². The van der Waals surface area contributed by atoms with Crippen molar-refractivity contribution in [3.63, 3.8) is 0 Å². The quantitative estimate of drug-likeness (QED) is 0.775. The van der Waals surface area contributed by atoms with E-state index in [9.17, 15) is 0 Å². The molecule has 0 bridgehead atoms.